The van der Waals surface area contributed by atoms with Gasteiger partial charge in [-0.15, -0.1) is 10.2 Å². The summed E-state index contributed by atoms with van der Waals surface area (Å²) in [6.07, 6.45) is -0.601. The summed E-state index contributed by atoms with van der Waals surface area (Å²) in [6.45, 7) is 0.497. The number of aliphatic hydroxyl groups is 1. The van der Waals surface area contributed by atoms with Gasteiger partial charge in [0.25, 0.3) is 5.91 Å². The minimum atomic E-state index is -1.41. The van der Waals surface area contributed by atoms with E-state index in [4.69, 9.17) is 4.74 Å². The van der Waals surface area contributed by atoms with Crippen LogP contribution >= 0.6 is 0 Å². The Bertz CT molecular complexity index is 889. The van der Waals surface area contributed by atoms with Crippen LogP contribution in [0.15, 0.2) is 36.4 Å². The molecule has 154 valence electrons. The molecule has 1 aliphatic heterocycles. The van der Waals surface area contributed by atoms with E-state index in [1.165, 1.54) is 13.1 Å². The van der Waals surface area contributed by atoms with Crippen LogP contribution in [0.3, 0.4) is 0 Å². The average molecular weight is 400 g/mol. The fourth-order valence-electron chi connectivity index (χ4n) is 3.62. The number of nitrogens with one attached hydrogen (secondary N) is 1. The van der Waals surface area contributed by atoms with Crippen LogP contribution in [0.4, 0.5) is 5.82 Å². The van der Waals surface area contributed by atoms with Crippen LogP contribution in [0, 0.1) is 5.41 Å². The highest BCUT2D eigenvalue weighted by Gasteiger charge is 2.49. The lowest BCUT2D eigenvalue weighted by molar-refractivity contribution is -0.157. The number of ether oxygens (including phenoxy) is 1. The maximum atomic E-state index is 12.3. The van der Waals surface area contributed by atoms with Crippen molar-refractivity contribution in [2.24, 2.45) is 5.41 Å². The number of hydrogen-bond acceptors (Lipinski definition) is 7. The van der Waals surface area contributed by atoms with Crippen molar-refractivity contribution in [3.05, 3.63) is 47.7 Å². The molecule has 1 aromatic carbocycles. The zero-order valence-electron chi connectivity index (χ0n) is 16.3. The number of hydrogen-bond donors (Lipinski definition) is 3. The summed E-state index contributed by atoms with van der Waals surface area (Å²) >= 11 is 0. The van der Waals surface area contributed by atoms with Crippen molar-refractivity contribution in [1.82, 2.24) is 15.5 Å². The highest BCUT2D eigenvalue weighted by molar-refractivity contribution is 5.91. The summed E-state index contributed by atoms with van der Waals surface area (Å²) in [7, 11) is 3.05. The second-order valence-corrected chi connectivity index (χ2v) is 7.07. The number of amides is 1. The number of carbonyl (C=O) groups excluding carboxylic acids is 1. The minimum Gasteiger partial charge on any atom is -0.497 e. The Balaban J connectivity index is 1.88. The lowest BCUT2D eigenvalue weighted by Gasteiger charge is -2.43. The lowest BCUT2D eigenvalue weighted by Crippen LogP contribution is -2.57. The van der Waals surface area contributed by atoms with E-state index in [1.54, 1.807) is 36.3 Å². The minimum absolute atomic E-state index is 0.0642. The second-order valence-electron chi connectivity index (χ2n) is 7.07. The largest absolute Gasteiger partial charge is 0.497 e. The first-order valence-electron chi connectivity index (χ1n) is 9.25. The van der Waals surface area contributed by atoms with Gasteiger partial charge >= 0.3 is 5.97 Å². The van der Waals surface area contributed by atoms with Crippen LogP contribution in [-0.2, 0) is 11.2 Å². The monoisotopic (exact) mass is 400 g/mol. The first-order chi connectivity index (χ1) is 13.9. The number of aliphatic carboxylic acids is 1. The Labute approximate surface area is 168 Å². The number of rotatable bonds is 6. The molecular weight excluding hydrogens is 376 g/mol. The third-order valence-corrected chi connectivity index (χ3v) is 5.30. The fraction of sp³-hybridized carbons (Fsp3) is 0.400. The first-order valence-corrected chi connectivity index (χ1v) is 9.25. The zero-order valence-corrected chi connectivity index (χ0v) is 16.3. The molecule has 29 heavy (non-hydrogen) atoms. The second kappa shape index (κ2) is 8.44. The number of aliphatic hydroxyl groups excluding tert-OH is 1. The van der Waals surface area contributed by atoms with Gasteiger partial charge in [0.05, 0.1) is 13.2 Å². The molecule has 0 aliphatic carbocycles. The summed E-state index contributed by atoms with van der Waals surface area (Å²) < 4.78 is 5.22. The van der Waals surface area contributed by atoms with Gasteiger partial charge < -0.3 is 25.2 Å². The van der Waals surface area contributed by atoms with Gasteiger partial charge in [0.2, 0.25) is 0 Å². The summed E-state index contributed by atoms with van der Waals surface area (Å²) in [5.41, 5.74) is -0.478. The molecule has 0 bridgehead atoms. The van der Waals surface area contributed by atoms with Crippen molar-refractivity contribution in [3.63, 3.8) is 0 Å². The smallest absolute Gasteiger partial charge is 0.314 e. The van der Waals surface area contributed by atoms with Crippen LogP contribution in [-0.4, -0.2) is 65.6 Å². The highest BCUT2D eigenvalue weighted by atomic mass is 16.5. The van der Waals surface area contributed by atoms with Crippen molar-refractivity contribution < 1.29 is 24.5 Å². The molecule has 2 heterocycles. The van der Waals surface area contributed by atoms with Crippen LogP contribution in [0.5, 0.6) is 5.75 Å². The number of carboxylic acids is 1. The van der Waals surface area contributed by atoms with Gasteiger partial charge in [-0.05, 0) is 42.7 Å². The van der Waals surface area contributed by atoms with Crippen LogP contribution in [0.1, 0.15) is 22.5 Å². The molecule has 1 aliphatic rings. The summed E-state index contributed by atoms with van der Waals surface area (Å²) in [5, 5.41) is 31.2. The Morgan fingerprint density at radius 1 is 1.31 bits per heavy atom. The van der Waals surface area contributed by atoms with Crippen molar-refractivity contribution in [2.75, 3.05) is 32.1 Å². The lowest BCUT2D eigenvalue weighted by atomic mass is 9.73. The molecule has 1 amide bonds. The molecule has 1 saturated heterocycles. The Morgan fingerprint density at radius 2 is 2.10 bits per heavy atom. The van der Waals surface area contributed by atoms with E-state index >= 15 is 0 Å². The third-order valence-electron chi connectivity index (χ3n) is 5.30. The van der Waals surface area contributed by atoms with Crippen LogP contribution in [0.25, 0.3) is 0 Å². The van der Waals surface area contributed by atoms with Gasteiger partial charge in [0.15, 0.2) is 11.5 Å². The summed E-state index contributed by atoms with van der Waals surface area (Å²) in [5.74, 6) is -0.342. The number of methoxy groups -OCH3 is 1. The molecule has 1 fully saturated rings. The number of carbonyl (C=O) groups is 2. The molecule has 0 saturated carbocycles. The zero-order chi connectivity index (χ0) is 21.0. The molecule has 9 heteroatoms. The van der Waals surface area contributed by atoms with Crippen molar-refractivity contribution in [1.29, 1.82) is 0 Å². The summed E-state index contributed by atoms with van der Waals surface area (Å²) in [4.78, 5) is 25.7. The third kappa shape index (κ3) is 4.14. The van der Waals surface area contributed by atoms with Crippen molar-refractivity contribution >= 4 is 17.7 Å². The molecule has 3 rings (SSSR count). The van der Waals surface area contributed by atoms with Gasteiger partial charge in [0, 0.05) is 20.1 Å². The Hall–Kier alpha value is -3.20. The fourth-order valence-corrected chi connectivity index (χ4v) is 3.62. The topological polar surface area (TPSA) is 125 Å². The molecule has 3 N–H and O–H groups in total. The quantitative estimate of drug-likeness (QED) is 0.648. The van der Waals surface area contributed by atoms with E-state index < -0.39 is 17.5 Å². The normalized spacial score (nSPS) is 21.5. The van der Waals surface area contributed by atoms with Crippen molar-refractivity contribution in [3.8, 4) is 5.75 Å². The number of anilines is 1. The van der Waals surface area contributed by atoms with Gasteiger partial charge in [0.1, 0.15) is 11.2 Å². The molecule has 0 spiro atoms. The van der Waals surface area contributed by atoms with E-state index in [2.05, 4.69) is 15.5 Å². The number of carboxylic acid groups (broad SMARTS) is 1. The standard InChI is InChI=1S/C20H24N4O5/c1-21-18(26)15-6-7-17(23-22-15)24-9-8-16(25)20(12-24,19(27)28)11-13-4-3-5-14(10-13)29-2/h3-7,10,16,25H,8-9,11-12H2,1-2H3,(H,21,26)(H,27,28)/t16-,20-/m1/s1. The van der Waals surface area contributed by atoms with Gasteiger partial charge in [-0.25, -0.2) is 0 Å². The van der Waals surface area contributed by atoms with E-state index in [1.807, 2.05) is 6.07 Å². The highest BCUT2D eigenvalue weighted by Crippen LogP contribution is 2.36. The number of benzene rings is 1. The Kier molecular flexibility index (Phi) is 5.97. The van der Waals surface area contributed by atoms with E-state index in [-0.39, 0.29) is 31.0 Å². The van der Waals surface area contributed by atoms with Crippen molar-refractivity contribution in [2.45, 2.75) is 18.9 Å². The number of nitrogens with zero attached hydrogens (tertiary/aromatic N) is 3. The predicted octanol–water partition coefficient (Wildman–Crippen LogP) is 0.729. The van der Waals surface area contributed by atoms with Gasteiger partial charge in [-0.1, -0.05) is 12.1 Å². The predicted molar refractivity (Wildman–Crippen MR) is 105 cm³/mol. The van der Waals surface area contributed by atoms with E-state index in [9.17, 15) is 19.8 Å². The maximum Gasteiger partial charge on any atom is 0.314 e. The molecule has 0 radical (unpaired) electrons. The first kappa shape index (κ1) is 20.5. The Morgan fingerprint density at radius 3 is 2.72 bits per heavy atom. The molecule has 2 atom stereocenters. The SMILES string of the molecule is CNC(=O)c1ccc(N2CC[C@@H](O)[C@](Cc3cccc(OC)c3)(C(=O)O)C2)nn1. The average Bonchev–Trinajstić information content (AvgIpc) is 2.75. The molecule has 9 nitrogen and oxygen atoms in total. The van der Waals surface area contributed by atoms with E-state index in [0.717, 1.165) is 5.56 Å². The van der Waals surface area contributed by atoms with Crippen LogP contribution < -0.4 is 15.0 Å². The molecule has 0 unspecified atom stereocenters. The molecular formula is C20H24N4O5. The maximum absolute atomic E-state index is 12.3. The molecule has 2 aromatic rings. The van der Waals surface area contributed by atoms with E-state index in [0.29, 0.717) is 18.1 Å². The van der Waals surface area contributed by atoms with Gasteiger partial charge in [-0.2, -0.15) is 0 Å². The van der Waals surface area contributed by atoms with Crippen LogP contribution in [0.2, 0.25) is 0 Å². The van der Waals surface area contributed by atoms with Gasteiger partial charge in [-0.3, -0.25) is 9.59 Å². The summed E-state index contributed by atoms with van der Waals surface area (Å²) in [6, 6.07) is 10.3. The number of piperidine rings is 1. The molecule has 1 aromatic heterocycles. The number of aromatic nitrogens is 2.